The van der Waals surface area contributed by atoms with E-state index in [0.717, 1.165) is 16.7 Å². The fraction of sp³-hybridized carbons (Fsp3) is 0.235. The topological polar surface area (TPSA) is 70.1 Å². The third-order valence-electron chi connectivity index (χ3n) is 7.74. The van der Waals surface area contributed by atoms with Crippen molar-refractivity contribution in [3.63, 3.8) is 0 Å². The van der Waals surface area contributed by atoms with E-state index in [1.54, 1.807) is 36.3 Å². The summed E-state index contributed by atoms with van der Waals surface area (Å²) in [5.74, 6) is -0.777. The quantitative estimate of drug-likeness (QED) is 0.246. The fourth-order valence-corrected chi connectivity index (χ4v) is 5.86. The van der Waals surface area contributed by atoms with Crippen LogP contribution in [0.5, 0.6) is 5.75 Å². The minimum Gasteiger partial charge on any atom is -0.496 e. The van der Waals surface area contributed by atoms with Crippen molar-refractivity contribution in [2.24, 2.45) is 0 Å². The molecule has 0 radical (unpaired) electrons. The Balaban J connectivity index is 1.43. The molecule has 1 unspecified atom stereocenters. The number of fused-ring (bicyclic) bond motifs is 1. The van der Waals surface area contributed by atoms with Crippen LogP contribution in [-0.4, -0.2) is 54.0 Å². The predicted molar refractivity (Wildman–Crippen MR) is 161 cm³/mol. The average molecular weight is 587 g/mol. The third kappa shape index (κ3) is 6.32. The highest BCUT2D eigenvalue weighted by Crippen LogP contribution is 2.38. The maximum Gasteiger partial charge on any atom is 0.307 e. The van der Waals surface area contributed by atoms with Gasteiger partial charge in [-0.1, -0.05) is 66.2 Å². The zero-order valence-electron chi connectivity index (χ0n) is 23.5. The van der Waals surface area contributed by atoms with Crippen LogP contribution in [-0.2, 0) is 29.0 Å². The SMILES string of the molecule is COc1ccc(CC(=O)O)cc1-c1ccc(F)c2c1CN(C(=O)CN(C)C(c1ccccc1)c1ccc(Cl)cc1)CC2. The van der Waals surface area contributed by atoms with Crippen LogP contribution in [0, 0.1) is 5.82 Å². The number of hydrogen-bond donors (Lipinski definition) is 1. The first-order valence-electron chi connectivity index (χ1n) is 13.7. The zero-order chi connectivity index (χ0) is 29.8. The van der Waals surface area contributed by atoms with Gasteiger partial charge < -0.3 is 14.7 Å². The van der Waals surface area contributed by atoms with Crippen LogP contribution in [0.15, 0.2) is 84.9 Å². The largest absolute Gasteiger partial charge is 0.496 e. The van der Waals surface area contributed by atoms with Gasteiger partial charge in [-0.05, 0) is 77.2 Å². The van der Waals surface area contributed by atoms with Crippen molar-refractivity contribution >= 4 is 23.5 Å². The van der Waals surface area contributed by atoms with Gasteiger partial charge in [0.15, 0.2) is 0 Å². The minimum absolute atomic E-state index is 0.0696. The molecule has 1 amide bonds. The summed E-state index contributed by atoms with van der Waals surface area (Å²) in [6.45, 7) is 0.783. The lowest BCUT2D eigenvalue weighted by atomic mass is 9.89. The molecule has 0 aromatic heterocycles. The van der Waals surface area contributed by atoms with Gasteiger partial charge >= 0.3 is 5.97 Å². The molecular weight excluding hydrogens is 555 g/mol. The van der Waals surface area contributed by atoms with Crippen molar-refractivity contribution in [3.05, 3.63) is 124 Å². The number of aliphatic carboxylic acids is 1. The smallest absolute Gasteiger partial charge is 0.307 e. The Bertz CT molecular complexity index is 1590. The third-order valence-corrected chi connectivity index (χ3v) is 8.00. The highest BCUT2D eigenvalue weighted by atomic mass is 35.5. The number of carboxylic acids is 1. The molecule has 0 spiro atoms. The minimum atomic E-state index is -0.944. The highest BCUT2D eigenvalue weighted by Gasteiger charge is 2.29. The number of nitrogens with zero attached hydrogens (tertiary/aromatic N) is 2. The summed E-state index contributed by atoms with van der Waals surface area (Å²) in [6, 6.07) is 25.8. The number of carboxylic acid groups (broad SMARTS) is 1. The number of methoxy groups -OCH3 is 1. The first-order valence-corrected chi connectivity index (χ1v) is 14.1. The summed E-state index contributed by atoms with van der Waals surface area (Å²) in [5.41, 5.74) is 5.35. The lowest BCUT2D eigenvalue weighted by Gasteiger charge is -2.34. The number of hydrogen-bond acceptors (Lipinski definition) is 4. The Hall–Kier alpha value is -4.20. The van der Waals surface area contributed by atoms with E-state index in [-0.39, 0.29) is 37.3 Å². The molecule has 0 saturated carbocycles. The maximum atomic E-state index is 15.0. The van der Waals surface area contributed by atoms with Crippen LogP contribution in [0.25, 0.3) is 11.1 Å². The van der Waals surface area contributed by atoms with E-state index in [1.165, 1.54) is 6.07 Å². The van der Waals surface area contributed by atoms with Crippen molar-refractivity contribution in [2.75, 3.05) is 27.2 Å². The van der Waals surface area contributed by atoms with Crippen LogP contribution in [0.3, 0.4) is 0 Å². The molecule has 1 atom stereocenters. The average Bonchev–Trinajstić information content (AvgIpc) is 2.98. The van der Waals surface area contributed by atoms with E-state index < -0.39 is 5.97 Å². The molecule has 0 aliphatic carbocycles. The monoisotopic (exact) mass is 586 g/mol. The summed E-state index contributed by atoms with van der Waals surface area (Å²) in [5, 5.41) is 9.96. The second-order valence-corrected chi connectivity index (χ2v) is 10.9. The normalized spacial score (nSPS) is 13.5. The second-order valence-electron chi connectivity index (χ2n) is 10.5. The molecule has 6 nitrogen and oxygen atoms in total. The Morgan fingerprint density at radius 1 is 0.976 bits per heavy atom. The molecule has 4 aromatic carbocycles. The maximum absolute atomic E-state index is 15.0. The van der Waals surface area contributed by atoms with Gasteiger partial charge in [-0.2, -0.15) is 0 Å². The van der Waals surface area contributed by atoms with Crippen molar-refractivity contribution in [1.82, 2.24) is 9.80 Å². The van der Waals surface area contributed by atoms with Crippen LogP contribution >= 0.6 is 11.6 Å². The number of likely N-dealkylation sites (N-methyl/N-ethyl adjacent to an activating group) is 1. The van der Waals surface area contributed by atoms with E-state index >= 15 is 4.39 Å². The molecule has 8 heteroatoms. The first-order chi connectivity index (χ1) is 20.2. The molecule has 0 bridgehead atoms. The number of rotatable bonds is 9. The molecule has 216 valence electrons. The molecule has 4 aromatic rings. The summed E-state index contributed by atoms with van der Waals surface area (Å²) >= 11 is 6.15. The van der Waals surface area contributed by atoms with E-state index in [9.17, 15) is 14.7 Å². The van der Waals surface area contributed by atoms with Gasteiger partial charge in [0.1, 0.15) is 11.6 Å². The van der Waals surface area contributed by atoms with Gasteiger partial charge in [0.25, 0.3) is 0 Å². The van der Waals surface area contributed by atoms with Crippen LogP contribution in [0.2, 0.25) is 5.02 Å². The standard InChI is InChI=1S/C34H32ClFN2O4/c1-37(34(23-6-4-3-5-7-23)24-9-11-25(35)12-10-24)21-32(39)38-17-16-27-29(20-38)26(13-14-30(27)36)28-18-22(19-33(40)41)8-15-31(28)42-2/h3-15,18,34H,16-17,19-21H2,1-2H3,(H,40,41). The summed E-state index contributed by atoms with van der Waals surface area (Å²) in [7, 11) is 3.47. The lowest BCUT2D eigenvalue weighted by Crippen LogP contribution is -2.43. The van der Waals surface area contributed by atoms with E-state index in [2.05, 4.69) is 0 Å². The molecule has 42 heavy (non-hydrogen) atoms. The Morgan fingerprint density at radius 2 is 1.69 bits per heavy atom. The molecular formula is C34H32ClFN2O4. The first kappa shape index (κ1) is 29.3. The van der Waals surface area contributed by atoms with Crippen LogP contribution < -0.4 is 4.74 Å². The number of amides is 1. The second kappa shape index (κ2) is 12.8. The number of benzene rings is 4. The summed E-state index contributed by atoms with van der Waals surface area (Å²) in [6.07, 6.45) is 0.231. The van der Waals surface area contributed by atoms with Gasteiger partial charge in [-0.3, -0.25) is 14.5 Å². The summed E-state index contributed by atoms with van der Waals surface area (Å²) < 4.78 is 20.6. The van der Waals surface area contributed by atoms with Crippen LogP contribution in [0.1, 0.15) is 33.9 Å². The van der Waals surface area contributed by atoms with Crippen molar-refractivity contribution in [2.45, 2.75) is 25.4 Å². The number of carbonyl (C=O) groups excluding carboxylic acids is 1. The zero-order valence-corrected chi connectivity index (χ0v) is 24.3. The van der Waals surface area contributed by atoms with E-state index in [4.69, 9.17) is 16.3 Å². The predicted octanol–water partition coefficient (Wildman–Crippen LogP) is 6.39. The number of ether oxygens (including phenoxy) is 1. The van der Waals surface area contributed by atoms with E-state index in [0.29, 0.717) is 46.0 Å². The molecule has 0 saturated heterocycles. The van der Waals surface area contributed by atoms with E-state index in [1.807, 2.05) is 66.5 Å². The van der Waals surface area contributed by atoms with Gasteiger partial charge in [-0.15, -0.1) is 0 Å². The molecule has 1 heterocycles. The Labute approximate surface area is 249 Å². The molecule has 1 N–H and O–H groups in total. The highest BCUT2D eigenvalue weighted by molar-refractivity contribution is 6.30. The lowest BCUT2D eigenvalue weighted by molar-refractivity contribution is -0.136. The van der Waals surface area contributed by atoms with Crippen molar-refractivity contribution < 1.29 is 23.8 Å². The van der Waals surface area contributed by atoms with Gasteiger partial charge in [0, 0.05) is 23.7 Å². The number of halogens is 2. The van der Waals surface area contributed by atoms with Crippen LogP contribution in [0.4, 0.5) is 4.39 Å². The Kier molecular flexibility index (Phi) is 8.90. The fourth-order valence-electron chi connectivity index (χ4n) is 5.73. The summed E-state index contributed by atoms with van der Waals surface area (Å²) in [4.78, 5) is 28.9. The van der Waals surface area contributed by atoms with Crippen molar-refractivity contribution in [3.8, 4) is 16.9 Å². The van der Waals surface area contributed by atoms with Gasteiger partial charge in [0.2, 0.25) is 5.91 Å². The molecule has 0 fully saturated rings. The molecule has 5 rings (SSSR count). The molecule has 1 aliphatic rings. The Morgan fingerprint density at radius 3 is 2.38 bits per heavy atom. The van der Waals surface area contributed by atoms with Gasteiger partial charge in [0.05, 0.1) is 26.1 Å². The molecule has 1 aliphatic heterocycles. The van der Waals surface area contributed by atoms with Crippen molar-refractivity contribution in [1.29, 1.82) is 0 Å². The number of carbonyl (C=O) groups is 2. The van der Waals surface area contributed by atoms with Gasteiger partial charge in [-0.25, -0.2) is 4.39 Å².